The molecule has 0 aliphatic heterocycles. The average molecular weight is 269 g/mol. The number of halogens is 2. The molecule has 1 aromatic carbocycles. The molecule has 0 saturated carbocycles. The summed E-state index contributed by atoms with van der Waals surface area (Å²) >= 11 is 5.79. The molecule has 0 atom stereocenters. The van der Waals surface area contributed by atoms with Crippen molar-refractivity contribution in [2.24, 2.45) is 5.73 Å². The fourth-order valence-electron chi connectivity index (χ4n) is 1.66. The molecule has 0 bridgehead atoms. The van der Waals surface area contributed by atoms with Gasteiger partial charge in [0.15, 0.2) is 0 Å². The smallest absolute Gasteiger partial charge is 0.126 e. The summed E-state index contributed by atoms with van der Waals surface area (Å²) in [5.41, 5.74) is 6.86. The lowest BCUT2D eigenvalue weighted by atomic mass is 10.2. The maximum Gasteiger partial charge on any atom is 0.126 e. The summed E-state index contributed by atoms with van der Waals surface area (Å²) in [6, 6.07) is 4.26. The Morgan fingerprint density at radius 1 is 1.28 bits per heavy atom. The van der Waals surface area contributed by atoms with Gasteiger partial charge in [0, 0.05) is 5.02 Å². The van der Waals surface area contributed by atoms with E-state index in [4.69, 9.17) is 17.3 Å². The van der Waals surface area contributed by atoms with Gasteiger partial charge in [0.2, 0.25) is 0 Å². The second-order valence-corrected chi connectivity index (χ2v) is 4.46. The van der Waals surface area contributed by atoms with Gasteiger partial charge in [-0.3, -0.25) is 0 Å². The van der Waals surface area contributed by atoms with Crippen LogP contribution in [0.4, 0.5) is 4.39 Å². The van der Waals surface area contributed by atoms with E-state index in [0.29, 0.717) is 17.3 Å². The Morgan fingerprint density at radius 2 is 2.11 bits per heavy atom. The molecule has 0 spiro atoms. The molecule has 0 aliphatic carbocycles. The van der Waals surface area contributed by atoms with Crippen LogP contribution in [0.15, 0.2) is 24.4 Å². The highest BCUT2D eigenvalue weighted by Crippen LogP contribution is 2.17. The van der Waals surface area contributed by atoms with E-state index in [1.54, 1.807) is 12.3 Å². The Kier molecular flexibility index (Phi) is 4.28. The third kappa shape index (κ3) is 3.27. The van der Waals surface area contributed by atoms with Crippen LogP contribution in [-0.2, 0) is 6.42 Å². The molecular weight excluding hydrogens is 255 g/mol. The zero-order chi connectivity index (χ0) is 13.0. The lowest BCUT2D eigenvalue weighted by Crippen LogP contribution is -1.99. The number of hydrogen-bond donors (Lipinski definition) is 1. The summed E-state index contributed by atoms with van der Waals surface area (Å²) in [5, 5.41) is 8.33. The Balaban J connectivity index is 2.13. The van der Waals surface area contributed by atoms with Crippen molar-refractivity contribution in [3.63, 3.8) is 0 Å². The third-order valence-electron chi connectivity index (χ3n) is 2.54. The van der Waals surface area contributed by atoms with Crippen molar-refractivity contribution in [1.82, 2.24) is 15.0 Å². The van der Waals surface area contributed by atoms with Gasteiger partial charge in [0.1, 0.15) is 5.82 Å². The van der Waals surface area contributed by atoms with Crippen molar-refractivity contribution in [2.75, 3.05) is 6.54 Å². The number of aromatic nitrogens is 3. The van der Waals surface area contributed by atoms with Crippen LogP contribution in [0.2, 0.25) is 5.02 Å². The van der Waals surface area contributed by atoms with E-state index in [0.717, 1.165) is 25.0 Å². The van der Waals surface area contributed by atoms with Crippen molar-refractivity contribution >= 4 is 11.6 Å². The molecule has 1 heterocycles. The molecule has 0 saturated heterocycles. The van der Waals surface area contributed by atoms with E-state index in [1.165, 1.54) is 16.8 Å². The number of unbranched alkanes of at least 4 members (excludes halogenated alkanes) is 1. The van der Waals surface area contributed by atoms with Crippen molar-refractivity contribution in [3.05, 3.63) is 40.9 Å². The Labute approximate surface area is 110 Å². The van der Waals surface area contributed by atoms with Gasteiger partial charge in [0.25, 0.3) is 0 Å². The molecule has 4 nitrogen and oxygen atoms in total. The first-order chi connectivity index (χ1) is 8.69. The molecule has 2 N–H and O–H groups in total. The minimum Gasteiger partial charge on any atom is -0.330 e. The SMILES string of the molecule is NCCCCc1cn(-c2cc(F)cc(Cl)c2)nn1. The van der Waals surface area contributed by atoms with Crippen LogP contribution in [0.1, 0.15) is 18.5 Å². The van der Waals surface area contributed by atoms with Gasteiger partial charge in [0.05, 0.1) is 17.6 Å². The average Bonchev–Trinajstić information content (AvgIpc) is 2.77. The molecule has 0 unspecified atom stereocenters. The third-order valence-corrected chi connectivity index (χ3v) is 2.76. The van der Waals surface area contributed by atoms with E-state index < -0.39 is 5.82 Å². The molecule has 2 rings (SSSR count). The zero-order valence-corrected chi connectivity index (χ0v) is 10.6. The number of nitrogens with two attached hydrogens (primary N) is 1. The molecule has 0 amide bonds. The fourth-order valence-corrected chi connectivity index (χ4v) is 1.88. The summed E-state index contributed by atoms with van der Waals surface area (Å²) in [6.07, 6.45) is 4.53. The predicted molar refractivity (Wildman–Crippen MR) is 68.3 cm³/mol. The highest BCUT2D eigenvalue weighted by molar-refractivity contribution is 6.30. The van der Waals surface area contributed by atoms with Crippen molar-refractivity contribution in [2.45, 2.75) is 19.3 Å². The summed E-state index contributed by atoms with van der Waals surface area (Å²) in [5.74, 6) is -0.391. The van der Waals surface area contributed by atoms with Gasteiger partial charge in [-0.25, -0.2) is 9.07 Å². The van der Waals surface area contributed by atoms with Crippen LogP contribution in [0.25, 0.3) is 5.69 Å². The van der Waals surface area contributed by atoms with Crippen LogP contribution in [0, 0.1) is 5.82 Å². The standard InChI is InChI=1S/C12H14ClFN4/c13-9-5-10(14)7-12(6-9)18-8-11(16-17-18)3-1-2-4-15/h5-8H,1-4,15H2. The molecule has 6 heteroatoms. The molecule has 1 aromatic heterocycles. The number of hydrogen-bond acceptors (Lipinski definition) is 3. The number of rotatable bonds is 5. The highest BCUT2D eigenvalue weighted by atomic mass is 35.5. The first-order valence-electron chi connectivity index (χ1n) is 5.77. The van der Waals surface area contributed by atoms with Gasteiger partial charge >= 0.3 is 0 Å². The van der Waals surface area contributed by atoms with Crippen molar-refractivity contribution in [1.29, 1.82) is 0 Å². The van der Waals surface area contributed by atoms with Gasteiger partial charge in [-0.05, 0) is 44.0 Å². The van der Waals surface area contributed by atoms with Crippen molar-refractivity contribution < 1.29 is 4.39 Å². The summed E-state index contributed by atoms with van der Waals surface area (Å²) in [4.78, 5) is 0. The van der Waals surface area contributed by atoms with Gasteiger partial charge < -0.3 is 5.73 Å². The molecule has 0 fully saturated rings. The van der Waals surface area contributed by atoms with Crippen molar-refractivity contribution in [3.8, 4) is 5.69 Å². The van der Waals surface area contributed by atoms with E-state index >= 15 is 0 Å². The van der Waals surface area contributed by atoms with Crippen LogP contribution in [0.5, 0.6) is 0 Å². The van der Waals surface area contributed by atoms with Crippen LogP contribution in [0.3, 0.4) is 0 Å². The summed E-state index contributed by atoms with van der Waals surface area (Å²) < 4.78 is 14.7. The monoisotopic (exact) mass is 268 g/mol. The predicted octanol–water partition coefficient (Wildman–Crippen LogP) is 2.34. The van der Waals surface area contributed by atoms with E-state index in [1.807, 2.05) is 0 Å². The Hall–Kier alpha value is -1.46. The van der Waals surface area contributed by atoms with Crippen LogP contribution >= 0.6 is 11.6 Å². The zero-order valence-electron chi connectivity index (χ0n) is 9.81. The summed E-state index contributed by atoms with van der Waals surface area (Å²) in [6.45, 7) is 0.674. The maximum absolute atomic E-state index is 13.2. The summed E-state index contributed by atoms with van der Waals surface area (Å²) in [7, 11) is 0. The van der Waals surface area contributed by atoms with E-state index in [9.17, 15) is 4.39 Å². The quantitative estimate of drug-likeness (QED) is 0.847. The van der Waals surface area contributed by atoms with E-state index in [2.05, 4.69) is 10.3 Å². The van der Waals surface area contributed by atoms with Crippen LogP contribution in [-0.4, -0.2) is 21.5 Å². The number of aryl methyl sites for hydroxylation is 1. The van der Waals surface area contributed by atoms with Crippen LogP contribution < -0.4 is 5.73 Å². The maximum atomic E-state index is 13.2. The first-order valence-corrected chi connectivity index (χ1v) is 6.14. The Morgan fingerprint density at radius 3 is 2.83 bits per heavy atom. The largest absolute Gasteiger partial charge is 0.330 e. The molecule has 0 radical (unpaired) electrons. The second-order valence-electron chi connectivity index (χ2n) is 4.03. The van der Waals surface area contributed by atoms with Gasteiger partial charge in [-0.15, -0.1) is 5.10 Å². The van der Waals surface area contributed by atoms with E-state index in [-0.39, 0.29) is 0 Å². The highest BCUT2D eigenvalue weighted by Gasteiger charge is 2.05. The second kappa shape index (κ2) is 5.93. The number of nitrogens with zero attached hydrogens (tertiary/aromatic N) is 3. The fraction of sp³-hybridized carbons (Fsp3) is 0.333. The molecule has 0 aliphatic rings. The normalized spacial score (nSPS) is 10.8. The first kappa shape index (κ1) is 13.0. The molecular formula is C12H14ClFN4. The molecule has 2 aromatic rings. The van der Waals surface area contributed by atoms with Gasteiger partial charge in [-0.2, -0.15) is 0 Å². The van der Waals surface area contributed by atoms with Gasteiger partial charge in [-0.1, -0.05) is 16.8 Å². The minimum absolute atomic E-state index is 0.338. The lowest BCUT2D eigenvalue weighted by molar-refractivity contribution is 0.625. The number of benzene rings is 1. The topological polar surface area (TPSA) is 56.7 Å². The lowest BCUT2D eigenvalue weighted by Gasteiger charge is -2.00. The molecule has 18 heavy (non-hydrogen) atoms. The Bertz CT molecular complexity index is 506. The minimum atomic E-state index is -0.391. The molecule has 96 valence electrons.